The molecule has 0 saturated carbocycles. The van der Waals surface area contributed by atoms with Gasteiger partial charge in [-0.15, -0.1) is 0 Å². The molecule has 3 rings (SSSR count). The van der Waals surface area contributed by atoms with E-state index < -0.39 is 17.6 Å². The van der Waals surface area contributed by atoms with Crippen LogP contribution in [0, 0.1) is 11.6 Å². The smallest absolute Gasteiger partial charge is 0.274 e. The van der Waals surface area contributed by atoms with Crippen molar-refractivity contribution in [2.75, 3.05) is 32.3 Å². The number of amides is 1. The lowest BCUT2D eigenvalue weighted by Crippen LogP contribution is -2.33. The Bertz CT molecular complexity index is 890. The fourth-order valence-electron chi connectivity index (χ4n) is 3.30. The number of anilines is 1. The topological polar surface area (TPSA) is 60.8 Å². The van der Waals surface area contributed by atoms with Crippen molar-refractivity contribution in [1.82, 2.24) is 4.57 Å². The number of halogens is 2. The Hall–Kier alpha value is -2.74. The quantitative estimate of drug-likeness (QED) is 0.774. The van der Waals surface area contributed by atoms with Crippen LogP contribution in [0.15, 0.2) is 35.3 Å². The lowest BCUT2D eigenvalue weighted by atomic mass is 9.97. The Balaban J connectivity index is 1.90. The van der Waals surface area contributed by atoms with E-state index in [1.165, 1.54) is 29.8 Å². The van der Waals surface area contributed by atoms with E-state index >= 15 is 0 Å². The maximum absolute atomic E-state index is 14.4. The molecule has 0 aliphatic carbocycles. The summed E-state index contributed by atoms with van der Waals surface area (Å²) in [4.78, 5) is 26.4. The Morgan fingerprint density at radius 1 is 1.19 bits per heavy atom. The number of hydrogen-bond donors (Lipinski definition) is 0. The molecule has 27 heavy (non-hydrogen) atoms. The second-order valence-electron chi connectivity index (χ2n) is 6.29. The monoisotopic (exact) mass is 378 g/mol. The molecule has 1 fully saturated rings. The first kappa shape index (κ1) is 19.0. The summed E-state index contributed by atoms with van der Waals surface area (Å²) >= 11 is 0. The Labute approximate surface area is 154 Å². The van der Waals surface area contributed by atoms with Crippen LogP contribution in [0.1, 0.15) is 17.9 Å². The fraction of sp³-hybridized carbons (Fsp3) is 0.368. The van der Waals surface area contributed by atoms with Gasteiger partial charge < -0.3 is 18.9 Å². The van der Waals surface area contributed by atoms with Crippen molar-refractivity contribution in [1.29, 1.82) is 0 Å². The third-order valence-corrected chi connectivity index (χ3v) is 4.65. The summed E-state index contributed by atoms with van der Waals surface area (Å²) in [6, 6.07) is 5.37. The van der Waals surface area contributed by atoms with Crippen molar-refractivity contribution < 1.29 is 23.0 Å². The second-order valence-corrected chi connectivity index (χ2v) is 6.29. The first-order valence-corrected chi connectivity index (χ1v) is 8.48. The van der Waals surface area contributed by atoms with Gasteiger partial charge >= 0.3 is 0 Å². The molecule has 1 aliphatic rings. The van der Waals surface area contributed by atoms with Crippen LogP contribution in [0.5, 0.6) is 5.75 Å². The van der Waals surface area contributed by atoms with Gasteiger partial charge in [-0.1, -0.05) is 0 Å². The second kappa shape index (κ2) is 7.87. The highest BCUT2D eigenvalue weighted by molar-refractivity contribution is 5.96. The SMILES string of the molecule is COCCn1cccc(N2CC(c3c(F)cc(OC)cc3F)CC2=O)c1=O. The van der Waals surface area contributed by atoms with Gasteiger partial charge in [0.15, 0.2) is 0 Å². The molecule has 1 atom stereocenters. The summed E-state index contributed by atoms with van der Waals surface area (Å²) < 4.78 is 40.0. The summed E-state index contributed by atoms with van der Waals surface area (Å²) in [7, 11) is 2.85. The van der Waals surface area contributed by atoms with Crippen LogP contribution in [-0.2, 0) is 16.1 Å². The molecule has 0 bridgehead atoms. The Kier molecular flexibility index (Phi) is 5.55. The highest BCUT2D eigenvalue weighted by atomic mass is 19.1. The van der Waals surface area contributed by atoms with Crippen LogP contribution in [0.3, 0.4) is 0 Å². The summed E-state index contributed by atoms with van der Waals surface area (Å²) in [5, 5.41) is 0. The molecule has 1 aromatic carbocycles. The van der Waals surface area contributed by atoms with E-state index in [0.717, 1.165) is 12.1 Å². The van der Waals surface area contributed by atoms with Crippen molar-refractivity contribution in [2.24, 2.45) is 0 Å². The van der Waals surface area contributed by atoms with E-state index in [0.29, 0.717) is 13.2 Å². The van der Waals surface area contributed by atoms with E-state index in [1.807, 2.05) is 0 Å². The minimum absolute atomic E-state index is 0.0303. The van der Waals surface area contributed by atoms with Crippen LogP contribution in [-0.4, -0.2) is 37.8 Å². The maximum Gasteiger partial charge on any atom is 0.274 e. The van der Waals surface area contributed by atoms with Gasteiger partial charge in [0.1, 0.15) is 23.1 Å². The van der Waals surface area contributed by atoms with E-state index in [4.69, 9.17) is 9.47 Å². The van der Waals surface area contributed by atoms with Gasteiger partial charge in [0.2, 0.25) is 5.91 Å². The number of ether oxygens (including phenoxy) is 2. The minimum atomic E-state index is -0.767. The van der Waals surface area contributed by atoms with Crippen molar-refractivity contribution in [3.8, 4) is 5.75 Å². The summed E-state index contributed by atoms with van der Waals surface area (Å²) in [6.45, 7) is 0.723. The molecular weight excluding hydrogens is 358 g/mol. The number of carbonyl (C=O) groups excluding carboxylic acids is 1. The highest BCUT2D eigenvalue weighted by Gasteiger charge is 2.36. The molecule has 144 valence electrons. The van der Waals surface area contributed by atoms with E-state index in [-0.39, 0.29) is 41.4 Å². The number of rotatable bonds is 6. The van der Waals surface area contributed by atoms with Gasteiger partial charge in [-0.05, 0) is 12.1 Å². The van der Waals surface area contributed by atoms with Gasteiger partial charge in [-0.3, -0.25) is 9.59 Å². The summed E-state index contributed by atoms with van der Waals surface area (Å²) in [6.07, 6.45) is 1.53. The molecule has 2 aromatic rings. The number of hydrogen-bond acceptors (Lipinski definition) is 4. The van der Waals surface area contributed by atoms with Crippen molar-refractivity contribution in [3.05, 3.63) is 58.0 Å². The van der Waals surface area contributed by atoms with Crippen LogP contribution >= 0.6 is 0 Å². The number of aromatic nitrogens is 1. The molecule has 1 amide bonds. The average molecular weight is 378 g/mol. The molecule has 1 saturated heterocycles. The number of nitrogens with zero attached hydrogens (tertiary/aromatic N) is 2. The first-order chi connectivity index (χ1) is 13.0. The van der Waals surface area contributed by atoms with E-state index in [9.17, 15) is 18.4 Å². The highest BCUT2D eigenvalue weighted by Crippen LogP contribution is 2.35. The number of benzene rings is 1. The van der Waals surface area contributed by atoms with Gasteiger partial charge in [-0.25, -0.2) is 8.78 Å². The van der Waals surface area contributed by atoms with Crippen molar-refractivity contribution in [3.63, 3.8) is 0 Å². The molecule has 0 N–H and O–H groups in total. The van der Waals surface area contributed by atoms with Crippen molar-refractivity contribution >= 4 is 11.6 Å². The zero-order valence-electron chi connectivity index (χ0n) is 15.1. The number of methoxy groups -OCH3 is 2. The van der Waals surface area contributed by atoms with E-state index in [1.54, 1.807) is 12.3 Å². The molecular formula is C19H20F2N2O4. The zero-order chi connectivity index (χ0) is 19.6. The molecule has 8 heteroatoms. The standard InChI is InChI=1S/C19H20F2N2O4/c1-26-7-6-22-5-3-4-16(19(22)25)23-11-12(8-17(23)24)18-14(20)9-13(27-2)10-15(18)21/h3-5,9-10,12H,6-8,11H2,1-2H3. The predicted octanol–water partition coefficient (Wildman–Crippen LogP) is 2.30. The normalized spacial score (nSPS) is 16.8. The molecule has 0 radical (unpaired) electrons. The third-order valence-electron chi connectivity index (χ3n) is 4.65. The molecule has 1 aliphatic heterocycles. The lowest BCUT2D eigenvalue weighted by molar-refractivity contribution is -0.117. The Morgan fingerprint density at radius 3 is 2.52 bits per heavy atom. The molecule has 2 heterocycles. The number of carbonyl (C=O) groups is 1. The van der Waals surface area contributed by atoms with Crippen LogP contribution in [0.4, 0.5) is 14.5 Å². The van der Waals surface area contributed by atoms with E-state index in [2.05, 4.69) is 0 Å². The van der Waals surface area contributed by atoms with Gasteiger partial charge in [0, 0.05) is 56.4 Å². The summed E-state index contributed by atoms with van der Waals surface area (Å²) in [5.41, 5.74) is -0.322. The lowest BCUT2D eigenvalue weighted by Gasteiger charge is -2.18. The Morgan fingerprint density at radius 2 is 1.89 bits per heavy atom. The molecule has 6 nitrogen and oxygen atoms in total. The van der Waals surface area contributed by atoms with Crippen LogP contribution < -0.4 is 15.2 Å². The van der Waals surface area contributed by atoms with Gasteiger partial charge in [0.05, 0.1) is 13.7 Å². The molecule has 0 spiro atoms. The minimum Gasteiger partial charge on any atom is -0.497 e. The first-order valence-electron chi connectivity index (χ1n) is 8.48. The maximum atomic E-state index is 14.4. The summed E-state index contributed by atoms with van der Waals surface area (Å²) in [5.74, 6) is -2.50. The zero-order valence-corrected chi connectivity index (χ0v) is 15.1. The van der Waals surface area contributed by atoms with Crippen molar-refractivity contribution in [2.45, 2.75) is 18.9 Å². The fourth-order valence-corrected chi connectivity index (χ4v) is 3.30. The van der Waals surface area contributed by atoms with Crippen LogP contribution in [0.25, 0.3) is 0 Å². The third kappa shape index (κ3) is 3.71. The molecule has 1 unspecified atom stereocenters. The number of pyridine rings is 1. The average Bonchev–Trinajstić information content (AvgIpc) is 3.01. The predicted molar refractivity (Wildman–Crippen MR) is 95.2 cm³/mol. The largest absolute Gasteiger partial charge is 0.497 e. The van der Waals surface area contributed by atoms with Gasteiger partial charge in [0.25, 0.3) is 5.56 Å². The van der Waals surface area contributed by atoms with Crippen LogP contribution in [0.2, 0.25) is 0 Å². The molecule has 1 aromatic heterocycles. The van der Waals surface area contributed by atoms with Gasteiger partial charge in [-0.2, -0.15) is 0 Å².